The maximum Gasteiger partial charge on any atom is 0.191 e. The number of rotatable bonds is 7. The van der Waals surface area contributed by atoms with E-state index in [-0.39, 0.29) is 0 Å². The first-order valence-corrected chi connectivity index (χ1v) is 8.59. The summed E-state index contributed by atoms with van der Waals surface area (Å²) in [5.74, 6) is 0.804. The van der Waals surface area contributed by atoms with Crippen molar-refractivity contribution in [3.63, 3.8) is 0 Å². The molecule has 0 unspecified atom stereocenters. The minimum absolute atomic E-state index is 0.624. The van der Waals surface area contributed by atoms with Gasteiger partial charge in [-0.25, -0.2) is 9.98 Å². The van der Waals surface area contributed by atoms with E-state index in [0.717, 1.165) is 35.3 Å². The van der Waals surface area contributed by atoms with Crippen molar-refractivity contribution in [3.05, 3.63) is 40.9 Å². The van der Waals surface area contributed by atoms with Crippen LogP contribution in [-0.4, -0.2) is 37.7 Å². The maximum absolute atomic E-state index is 5.05. The molecule has 0 spiro atoms. The van der Waals surface area contributed by atoms with E-state index in [9.17, 15) is 0 Å². The van der Waals surface area contributed by atoms with Crippen LogP contribution in [0.1, 0.15) is 17.5 Å². The Labute approximate surface area is 141 Å². The molecule has 1 heterocycles. The number of methoxy groups -OCH3 is 1. The van der Waals surface area contributed by atoms with E-state index in [1.807, 2.05) is 25.1 Å². The number of nitrogens with one attached hydrogen (secondary N) is 2. The number of hydrogen-bond acceptors (Lipinski definition) is 4. The van der Waals surface area contributed by atoms with Crippen LogP contribution in [0.5, 0.6) is 0 Å². The van der Waals surface area contributed by atoms with Crippen molar-refractivity contribution in [3.8, 4) is 10.6 Å². The molecule has 0 atom stereocenters. The summed E-state index contributed by atoms with van der Waals surface area (Å²) in [6.45, 7) is 6.94. The number of aryl methyl sites for hydroxylation is 1. The van der Waals surface area contributed by atoms with Gasteiger partial charge < -0.3 is 15.4 Å². The standard InChI is InChI=1S/C17H24N4OS/c1-4-18-17(19-10-11-22-3)20-12-15-13(2)21-16(23-15)14-8-6-5-7-9-14/h5-9H,4,10-12H2,1-3H3,(H2,18,19,20). The molecule has 2 aromatic rings. The van der Waals surface area contributed by atoms with Crippen LogP contribution in [0.15, 0.2) is 35.3 Å². The number of benzene rings is 1. The van der Waals surface area contributed by atoms with Gasteiger partial charge >= 0.3 is 0 Å². The molecule has 5 nitrogen and oxygen atoms in total. The lowest BCUT2D eigenvalue weighted by Crippen LogP contribution is -2.38. The molecule has 124 valence electrons. The number of aromatic nitrogens is 1. The van der Waals surface area contributed by atoms with Gasteiger partial charge in [0.25, 0.3) is 0 Å². The molecule has 23 heavy (non-hydrogen) atoms. The maximum atomic E-state index is 5.05. The van der Waals surface area contributed by atoms with Gasteiger partial charge in [0.05, 0.1) is 18.8 Å². The highest BCUT2D eigenvalue weighted by Gasteiger charge is 2.09. The van der Waals surface area contributed by atoms with Gasteiger partial charge in [-0.15, -0.1) is 11.3 Å². The molecule has 0 saturated carbocycles. The third-order valence-corrected chi connectivity index (χ3v) is 4.43. The average molecular weight is 332 g/mol. The predicted octanol–water partition coefficient (Wildman–Crippen LogP) is 2.82. The summed E-state index contributed by atoms with van der Waals surface area (Å²) < 4.78 is 5.05. The number of aliphatic imine (C=N–C) groups is 1. The second-order valence-electron chi connectivity index (χ2n) is 5.01. The second kappa shape index (κ2) is 9.27. The summed E-state index contributed by atoms with van der Waals surface area (Å²) in [5.41, 5.74) is 2.20. The Morgan fingerprint density at radius 1 is 1.26 bits per heavy atom. The molecular weight excluding hydrogens is 308 g/mol. The first-order chi connectivity index (χ1) is 11.2. The normalized spacial score (nSPS) is 11.5. The van der Waals surface area contributed by atoms with Gasteiger partial charge in [-0.05, 0) is 13.8 Å². The molecule has 0 aliphatic rings. The molecule has 0 aliphatic carbocycles. The molecule has 0 saturated heterocycles. The third-order valence-electron chi connectivity index (χ3n) is 3.24. The molecular formula is C17H24N4OS. The zero-order chi connectivity index (χ0) is 16.5. The minimum Gasteiger partial charge on any atom is -0.383 e. The fraction of sp³-hybridized carbons (Fsp3) is 0.412. The van der Waals surface area contributed by atoms with Crippen molar-refractivity contribution in [2.45, 2.75) is 20.4 Å². The Hall–Kier alpha value is -1.92. The third kappa shape index (κ3) is 5.33. The fourth-order valence-electron chi connectivity index (χ4n) is 2.04. The van der Waals surface area contributed by atoms with Crippen molar-refractivity contribution in [1.29, 1.82) is 0 Å². The van der Waals surface area contributed by atoms with Crippen LogP contribution in [0.3, 0.4) is 0 Å². The Morgan fingerprint density at radius 2 is 2.04 bits per heavy atom. The van der Waals surface area contributed by atoms with Crippen LogP contribution in [0.4, 0.5) is 0 Å². The molecule has 0 fully saturated rings. The lowest BCUT2D eigenvalue weighted by Gasteiger charge is -2.10. The van der Waals surface area contributed by atoms with Gasteiger partial charge in [-0.1, -0.05) is 30.3 Å². The number of hydrogen-bond donors (Lipinski definition) is 2. The van der Waals surface area contributed by atoms with Gasteiger partial charge in [0.15, 0.2) is 5.96 Å². The van der Waals surface area contributed by atoms with Crippen molar-refractivity contribution < 1.29 is 4.74 Å². The summed E-state index contributed by atoms with van der Waals surface area (Å²) in [7, 11) is 1.69. The molecule has 0 amide bonds. The molecule has 2 N–H and O–H groups in total. The van der Waals surface area contributed by atoms with Gasteiger partial charge in [-0.2, -0.15) is 0 Å². The molecule has 0 bridgehead atoms. The second-order valence-corrected chi connectivity index (χ2v) is 6.09. The van der Waals surface area contributed by atoms with Gasteiger partial charge in [-0.3, -0.25) is 0 Å². The van der Waals surface area contributed by atoms with Crippen LogP contribution in [0.2, 0.25) is 0 Å². The summed E-state index contributed by atoms with van der Waals surface area (Å²) in [6.07, 6.45) is 0. The summed E-state index contributed by atoms with van der Waals surface area (Å²) in [4.78, 5) is 10.5. The van der Waals surface area contributed by atoms with Crippen LogP contribution in [0, 0.1) is 6.92 Å². The summed E-state index contributed by atoms with van der Waals surface area (Å²) >= 11 is 1.70. The predicted molar refractivity (Wildman–Crippen MR) is 97.0 cm³/mol. The van der Waals surface area contributed by atoms with E-state index in [1.54, 1.807) is 18.4 Å². The van der Waals surface area contributed by atoms with E-state index >= 15 is 0 Å². The van der Waals surface area contributed by atoms with Crippen LogP contribution in [0.25, 0.3) is 10.6 Å². The van der Waals surface area contributed by atoms with Crippen molar-refractivity contribution in [2.24, 2.45) is 4.99 Å². The quantitative estimate of drug-likeness (QED) is 0.465. The lowest BCUT2D eigenvalue weighted by molar-refractivity contribution is 0.203. The lowest BCUT2D eigenvalue weighted by atomic mass is 10.2. The van der Waals surface area contributed by atoms with E-state index in [1.165, 1.54) is 4.88 Å². The number of ether oxygens (including phenoxy) is 1. The van der Waals surface area contributed by atoms with Gasteiger partial charge in [0.1, 0.15) is 5.01 Å². The van der Waals surface area contributed by atoms with E-state index in [0.29, 0.717) is 13.2 Å². The highest BCUT2D eigenvalue weighted by molar-refractivity contribution is 7.15. The smallest absolute Gasteiger partial charge is 0.191 e. The fourth-order valence-corrected chi connectivity index (χ4v) is 3.04. The SMILES string of the molecule is CCNC(=NCc1sc(-c2ccccc2)nc1C)NCCOC. The number of thiazole rings is 1. The molecule has 6 heteroatoms. The van der Waals surface area contributed by atoms with Gasteiger partial charge in [0.2, 0.25) is 0 Å². The average Bonchev–Trinajstić information content (AvgIpc) is 2.95. The molecule has 2 rings (SSSR count). The van der Waals surface area contributed by atoms with Gasteiger partial charge in [0, 0.05) is 30.6 Å². The van der Waals surface area contributed by atoms with Crippen LogP contribution < -0.4 is 10.6 Å². The highest BCUT2D eigenvalue weighted by atomic mass is 32.1. The monoisotopic (exact) mass is 332 g/mol. The highest BCUT2D eigenvalue weighted by Crippen LogP contribution is 2.28. The molecule has 0 radical (unpaired) electrons. The zero-order valence-electron chi connectivity index (χ0n) is 13.9. The largest absolute Gasteiger partial charge is 0.383 e. The Morgan fingerprint density at radius 3 is 2.74 bits per heavy atom. The summed E-state index contributed by atoms with van der Waals surface area (Å²) in [6, 6.07) is 10.3. The molecule has 0 aliphatic heterocycles. The van der Waals surface area contributed by atoms with Crippen molar-refractivity contribution >= 4 is 17.3 Å². The number of nitrogens with zero attached hydrogens (tertiary/aromatic N) is 2. The van der Waals surface area contributed by atoms with Crippen molar-refractivity contribution in [2.75, 3.05) is 26.8 Å². The molecule has 1 aromatic carbocycles. The topological polar surface area (TPSA) is 58.5 Å². The van der Waals surface area contributed by atoms with Crippen LogP contribution in [-0.2, 0) is 11.3 Å². The van der Waals surface area contributed by atoms with E-state index in [2.05, 4.69) is 39.7 Å². The minimum atomic E-state index is 0.624. The number of guanidine groups is 1. The Kier molecular flexibility index (Phi) is 7.03. The first-order valence-electron chi connectivity index (χ1n) is 7.77. The Bertz CT molecular complexity index is 625. The molecule has 1 aromatic heterocycles. The Balaban J connectivity index is 2.06. The van der Waals surface area contributed by atoms with E-state index < -0.39 is 0 Å². The van der Waals surface area contributed by atoms with E-state index in [4.69, 9.17) is 4.74 Å². The summed E-state index contributed by atoms with van der Waals surface area (Å²) in [5, 5.41) is 7.53. The first kappa shape index (κ1) is 17.4. The van der Waals surface area contributed by atoms with Crippen LogP contribution >= 0.6 is 11.3 Å². The zero-order valence-corrected chi connectivity index (χ0v) is 14.7. The van der Waals surface area contributed by atoms with Crippen molar-refractivity contribution in [1.82, 2.24) is 15.6 Å².